The number of aryl methyl sites for hydroxylation is 1. The predicted molar refractivity (Wildman–Crippen MR) is 93.6 cm³/mol. The van der Waals surface area contributed by atoms with Crippen LogP contribution in [0.4, 0.5) is 0 Å². The fourth-order valence-electron chi connectivity index (χ4n) is 2.50. The van der Waals surface area contributed by atoms with E-state index < -0.39 is 5.56 Å². The smallest absolute Gasteiger partial charge is 0.284 e. The largest absolute Gasteiger partial charge is 0.350 e. The van der Waals surface area contributed by atoms with E-state index in [0.29, 0.717) is 5.65 Å². The van der Waals surface area contributed by atoms with E-state index in [1.807, 2.05) is 52.0 Å². The van der Waals surface area contributed by atoms with Crippen molar-refractivity contribution < 1.29 is 4.79 Å². The van der Waals surface area contributed by atoms with E-state index in [-0.39, 0.29) is 23.5 Å². The Bertz CT molecular complexity index is 996. The third-order valence-electron chi connectivity index (χ3n) is 3.50. The van der Waals surface area contributed by atoms with Crippen LogP contribution in [0, 0.1) is 6.92 Å². The van der Waals surface area contributed by atoms with Gasteiger partial charge in [-0.2, -0.15) is 4.68 Å². The molecule has 0 aliphatic rings. The molecule has 3 rings (SSSR count). The van der Waals surface area contributed by atoms with Gasteiger partial charge in [0, 0.05) is 5.54 Å². The van der Waals surface area contributed by atoms with Crippen LogP contribution in [0.1, 0.15) is 26.3 Å². The van der Waals surface area contributed by atoms with Gasteiger partial charge in [-0.3, -0.25) is 14.2 Å². The Morgan fingerprint density at radius 1 is 1.28 bits per heavy atom. The molecule has 2 aromatic heterocycles. The van der Waals surface area contributed by atoms with Crippen molar-refractivity contribution in [3.05, 3.63) is 46.5 Å². The highest BCUT2D eigenvalue weighted by Gasteiger charge is 2.17. The summed E-state index contributed by atoms with van der Waals surface area (Å²) in [5.74, 6) is -0.262. The average molecular weight is 340 g/mol. The highest BCUT2D eigenvalue weighted by molar-refractivity contribution is 5.77. The Kier molecular flexibility index (Phi) is 4.12. The van der Waals surface area contributed by atoms with Crippen LogP contribution in [-0.4, -0.2) is 36.0 Å². The van der Waals surface area contributed by atoms with E-state index >= 15 is 0 Å². The summed E-state index contributed by atoms with van der Waals surface area (Å²) < 4.78 is 2.75. The fraction of sp³-hybridized carbons (Fsp3) is 0.353. The number of hydrogen-bond acceptors (Lipinski definition) is 5. The van der Waals surface area contributed by atoms with Gasteiger partial charge >= 0.3 is 0 Å². The number of nitrogens with zero attached hydrogens (tertiary/aromatic N) is 5. The van der Waals surface area contributed by atoms with Gasteiger partial charge < -0.3 is 5.32 Å². The number of nitrogens with one attached hydrogen (secondary N) is 1. The monoisotopic (exact) mass is 340 g/mol. The van der Waals surface area contributed by atoms with Gasteiger partial charge in [-0.15, -0.1) is 5.10 Å². The van der Waals surface area contributed by atoms with Crippen LogP contribution in [0.15, 0.2) is 35.4 Å². The molecule has 2 heterocycles. The quantitative estimate of drug-likeness (QED) is 0.773. The molecule has 0 saturated heterocycles. The van der Waals surface area contributed by atoms with Crippen molar-refractivity contribution >= 4 is 17.1 Å². The molecule has 0 fully saturated rings. The van der Waals surface area contributed by atoms with Crippen molar-refractivity contribution in [2.24, 2.45) is 0 Å². The lowest BCUT2D eigenvalue weighted by Crippen LogP contribution is -2.43. The number of rotatable bonds is 3. The first-order valence-electron chi connectivity index (χ1n) is 7.93. The molecule has 1 N–H and O–H groups in total. The molecule has 25 heavy (non-hydrogen) atoms. The Morgan fingerprint density at radius 3 is 2.72 bits per heavy atom. The minimum atomic E-state index is -0.395. The Balaban J connectivity index is 1.97. The maximum absolute atomic E-state index is 12.6. The zero-order valence-corrected chi connectivity index (χ0v) is 14.6. The summed E-state index contributed by atoms with van der Waals surface area (Å²) in [6, 6.07) is 7.66. The molecule has 0 aliphatic carbocycles. The van der Waals surface area contributed by atoms with E-state index in [4.69, 9.17) is 0 Å². The molecule has 0 bridgehead atoms. The summed E-state index contributed by atoms with van der Waals surface area (Å²) in [5.41, 5.74) is 1.57. The SMILES string of the molecule is Cc1cccc(-n2nnc3c(=O)n(CC(=O)NC(C)(C)C)cnc32)c1. The number of aromatic nitrogens is 5. The van der Waals surface area contributed by atoms with Crippen molar-refractivity contribution in [1.29, 1.82) is 0 Å². The molecule has 1 amide bonds. The minimum Gasteiger partial charge on any atom is -0.350 e. The van der Waals surface area contributed by atoms with Crippen LogP contribution in [0.3, 0.4) is 0 Å². The highest BCUT2D eigenvalue weighted by atomic mass is 16.2. The van der Waals surface area contributed by atoms with Gasteiger partial charge in [0.15, 0.2) is 11.2 Å². The summed E-state index contributed by atoms with van der Waals surface area (Å²) in [7, 11) is 0. The van der Waals surface area contributed by atoms with E-state index in [0.717, 1.165) is 11.3 Å². The molecular weight excluding hydrogens is 320 g/mol. The molecule has 0 saturated carbocycles. The second kappa shape index (κ2) is 6.12. The highest BCUT2D eigenvalue weighted by Crippen LogP contribution is 2.13. The number of benzene rings is 1. The van der Waals surface area contributed by atoms with Crippen LogP contribution in [-0.2, 0) is 11.3 Å². The second-order valence-corrected chi connectivity index (χ2v) is 6.99. The molecule has 0 spiro atoms. The van der Waals surface area contributed by atoms with Gasteiger partial charge in [-0.1, -0.05) is 17.3 Å². The number of fused-ring (bicyclic) bond motifs is 1. The topological polar surface area (TPSA) is 94.7 Å². The number of amides is 1. The summed E-state index contributed by atoms with van der Waals surface area (Å²) in [5, 5.41) is 10.8. The first-order valence-corrected chi connectivity index (χ1v) is 7.93. The number of carbonyl (C=O) groups is 1. The fourth-order valence-corrected chi connectivity index (χ4v) is 2.50. The molecule has 0 atom stereocenters. The van der Waals surface area contributed by atoms with Crippen LogP contribution in [0.25, 0.3) is 16.9 Å². The van der Waals surface area contributed by atoms with E-state index in [1.54, 1.807) is 0 Å². The van der Waals surface area contributed by atoms with Crippen LogP contribution in [0.5, 0.6) is 0 Å². The normalized spacial score (nSPS) is 11.7. The van der Waals surface area contributed by atoms with E-state index in [2.05, 4.69) is 20.6 Å². The summed E-state index contributed by atoms with van der Waals surface area (Å²) >= 11 is 0. The van der Waals surface area contributed by atoms with Crippen LogP contribution < -0.4 is 10.9 Å². The second-order valence-electron chi connectivity index (χ2n) is 6.99. The first kappa shape index (κ1) is 16.8. The Morgan fingerprint density at radius 2 is 2.04 bits per heavy atom. The van der Waals surface area contributed by atoms with E-state index in [1.165, 1.54) is 15.6 Å². The van der Waals surface area contributed by atoms with Gasteiger partial charge in [-0.25, -0.2) is 4.98 Å². The zero-order chi connectivity index (χ0) is 18.2. The predicted octanol–water partition coefficient (Wildman–Crippen LogP) is 1.20. The standard InChI is InChI=1S/C17H20N6O2/c1-11-6-5-7-12(8-11)23-15-14(20-21-23)16(25)22(10-18-15)9-13(24)19-17(2,3)4/h5-8,10H,9H2,1-4H3,(H,19,24). The van der Waals surface area contributed by atoms with Crippen LogP contribution in [0.2, 0.25) is 0 Å². The molecule has 0 aliphatic heterocycles. The van der Waals surface area contributed by atoms with Gasteiger partial charge in [0.2, 0.25) is 5.91 Å². The van der Waals surface area contributed by atoms with Crippen molar-refractivity contribution in [3.8, 4) is 5.69 Å². The van der Waals surface area contributed by atoms with Gasteiger partial charge in [-0.05, 0) is 45.4 Å². The Labute approximate surface area is 144 Å². The lowest BCUT2D eigenvalue weighted by molar-refractivity contribution is -0.123. The lowest BCUT2D eigenvalue weighted by Gasteiger charge is -2.20. The third-order valence-corrected chi connectivity index (χ3v) is 3.50. The average Bonchev–Trinajstić information content (AvgIpc) is 2.93. The third kappa shape index (κ3) is 3.57. The molecule has 8 nitrogen and oxygen atoms in total. The van der Waals surface area contributed by atoms with Crippen LogP contribution >= 0.6 is 0 Å². The first-order chi connectivity index (χ1) is 11.7. The molecule has 1 aromatic carbocycles. The maximum Gasteiger partial charge on any atom is 0.284 e. The van der Waals surface area contributed by atoms with E-state index in [9.17, 15) is 9.59 Å². The molecule has 8 heteroatoms. The number of hydrogen-bond donors (Lipinski definition) is 1. The summed E-state index contributed by atoms with van der Waals surface area (Å²) in [4.78, 5) is 28.9. The molecule has 3 aromatic rings. The van der Waals surface area contributed by atoms with Gasteiger partial charge in [0.25, 0.3) is 5.56 Å². The molecular formula is C17H20N6O2. The van der Waals surface area contributed by atoms with Crippen molar-refractivity contribution in [3.63, 3.8) is 0 Å². The maximum atomic E-state index is 12.6. The van der Waals surface area contributed by atoms with Gasteiger partial charge in [0.1, 0.15) is 12.9 Å². The zero-order valence-electron chi connectivity index (χ0n) is 14.6. The summed E-state index contributed by atoms with van der Waals surface area (Å²) in [6.45, 7) is 7.49. The molecule has 0 unspecified atom stereocenters. The molecule has 130 valence electrons. The minimum absolute atomic E-state index is 0.115. The van der Waals surface area contributed by atoms with Gasteiger partial charge in [0.05, 0.1) is 5.69 Å². The molecule has 0 radical (unpaired) electrons. The lowest BCUT2D eigenvalue weighted by atomic mass is 10.1. The van der Waals surface area contributed by atoms with Crippen molar-refractivity contribution in [1.82, 2.24) is 29.9 Å². The van der Waals surface area contributed by atoms with Crippen molar-refractivity contribution in [2.45, 2.75) is 39.8 Å². The Hall–Kier alpha value is -3.03. The summed E-state index contributed by atoms with van der Waals surface area (Å²) in [6.07, 6.45) is 1.35. The number of carbonyl (C=O) groups excluding carboxylic acids is 1. The van der Waals surface area contributed by atoms with Crippen molar-refractivity contribution in [2.75, 3.05) is 0 Å².